The van der Waals surface area contributed by atoms with Gasteiger partial charge in [-0.1, -0.05) is 29.8 Å². The predicted molar refractivity (Wildman–Crippen MR) is 137 cm³/mol. The lowest BCUT2D eigenvalue weighted by atomic mass is 9.89. The number of ether oxygens (including phenoxy) is 1. The van der Waals surface area contributed by atoms with Crippen LogP contribution in [-0.4, -0.2) is 38.8 Å². The average Bonchev–Trinajstić information content (AvgIpc) is 3.57. The van der Waals surface area contributed by atoms with Crippen molar-refractivity contribution in [3.05, 3.63) is 58.9 Å². The van der Waals surface area contributed by atoms with E-state index in [9.17, 15) is 9.59 Å². The predicted octanol–water partition coefficient (Wildman–Crippen LogP) is 4.37. The first-order valence-corrected chi connectivity index (χ1v) is 12.7. The number of nitrogens with zero attached hydrogens (tertiary/aromatic N) is 2. The summed E-state index contributed by atoms with van der Waals surface area (Å²) in [4.78, 5) is 32.5. The largest absolute Gasteiger partial charge is 0.486 e. The number of amides is 2. The molecule has 1 aliphatic carbocycles. The first-order chi connectivity index (χ1) is 17.0. The number of rotatable bonds is 5. The maximum atomic E-state index is 13.5. The van der Waals surface area contributed by atoms with Crippen molar-refractivity contribution >= 4 is 29.4 Å². The summed E-state index contributed by atoms with van der Waals surface area (Å²) in [6, 6.07) is 8.64. The van der Waals surface area contributed by atoms with E-state index < -0.39 is 17.2 Å². The van der Waals surface area contributed by atoms with E-state index in [1.165, 1.54) is 4.90 Å². The number of carbonyl (C=O) groups excluding carboxylic acids is 2. The molecule has 4 atom stereocenters. The van der Waals surface area contributed by atoms with Crippen LogP contribution in [0.3, 0.4) is 0 Å². The van der Waals surface area contributed by atoms with E-state index in [0.717, 1.165) is 11.1 Å². The molecule has 2 fully saturated rings. The van der Waals surface area contributed by atoms with Crippen molar-refractivity contribution < 1.29 is 14.3 Å². The Labute approximate surface area is 216 Å². The van der Waals surface area contributed by atoms with Gasteiger partial charge in [-0.05, 0) is 57.7 Å². The smallest absolute Gasteiger partial charge is 0.232 e. The van der Waals surface area contributed by atoms with Gasteiger partial charge < -0.3 is 15.4 Å². The molecule has 2 aliphatic heterocycles. The van der Waals surface area contributed by atoms with Crippen LogP contribution in [0.5, 0.6) is 5.75 Å². The molecule has 8 nitrogen and oxygen atoms in total. The van der Waals surface area contributed by atoms with Crippen LogP contribution >= 0.6 is 11.6 Å². The molecular weight excluding hydrogens is 478 g/mol. The molecule has 36 heavy (non-hydrogen) atoms. The zero-order valence-electron chi connectivity index (χ0n) is 21.0. The minimum atomic E-state index is -0.491. The Hall–Kier alpha value is -3.13. The molecule has 2 amide bonds. The molecule has 5 rings (SSSR count). The number of hydrogen-bond acceptors (Lipinski definition) is 5. The molecule has 1 aromatic heterocycles. The van der Waals surface area contributed by atoms with Crippen LogP contribution in [0.1, 0.15) is 70.2 Å². The van der Waals surface area contributed by atoms with Crippen molar-refractivity contribution in [1.82, 2.24) is 20.5 Å². The second-order valence-electron chi connectivity index (χ2n) is 11.3. The van der Waals surface area contributed by atoms with Crippen LogP contribution in [0.25, 0.3) is 0 Å². The summed E-state index contributed by atoms with van der Waals surface area (Å²) in [5.41, 5.74) is 0.720. The monoisotopic (exact) mass is 509 g/mol. The quantitative estimate of drug-likeness (QED) is 0.555. The Morgan fingerprint density at radius 3 is 2.75 bits per heavy atom. The van der Waals surface area contributed by atoms with Gasteiger partial charge in [0.2, 0.25) is 11.8 Å². The number of hydrogen-bond donors (Lipinski definition) is 3. The molecule has 190 valence electrons. The number of carbonyl (C=O) groups is 2. The van der Waals surface area contributed by atoms with E-state index in [1.807, 2.05) is 52.0 Å². The van der Waals surface area contributed by atoms with Crippen LogP contribution in [-0.2, 0) is 9.59 Å². The molecule has 1 aromatic carbocycles. The van der Waals surface area contributed by atoms with Crippen molar-refractivity contribution in [3.63, 3.8) is 0 Å². The van der Waals surface area contributed by atoms with Crippen LogP contribution in [0.4, 0.5) is 0 Å². The highest BCUT2D eigenvalue weighted by Crippen LogP contribution is 2.52. The van der Waals surface area contributed by atoms with E-state index >= 15 is 0 Å². The summed E-state index contributed by atoms with van der Waals surface area (Å²) in [7, 11) is 0. The zero-order valence-corrected chi connectivity index (χ0v) is 21.7. The number of fused-ring (bicyclic) bond motifs is 1. The van der Waals surface area contributed by atoms with E-state index in [1.54, 1.807) is 18.5 Å². The van der Waals surface area contributed by atoms with Crippen molar-refractivity contribution in [2.45, 2.75) is 70.2 Å². The van der Waals surface area contributed by atoms with Gasteiger partial charge in [0, 0.05) is 42.3 Å². The van der Waals surface area contributed by atoms with Crippen LogP contribution in [0, 0.1) is 17.2 Å². The summed E-state index contributed by atoms with van der Waals surface area (Å²) in [5, 5.41) is 15.5. The van der Waals surface area contributed by atoms with Crippen molar-refractivity contribution in [1.29, 1.82) is 5.41 Å². The van der Waals surface area contributed by atoms with Gasteiger partial charge in [-0.2, -0.15) is 0 Å². The summed E-state index contributed by atoms with van der Waals surface area (Å²) >= 11 is 6.41. The number of pyridine rings is 1. The lowest BCUT2D eigenvalue weighted by molar-refractivity contribution is -0.133. The molecule has 2 unspecified atom stereocenters. The third-order valence-corrected chi connectivity index (χ3v) is 7.51. The van der Waals surface area contributed by atoms with Crippen molar-refractivity contribution in [3.8, 4) is 5.75 Å². The van der Waals surface area contributed by atoms with Gasteiger partial charge >= 0.3 is 0 Å². The number of nitrogens with one attached hydrogen (secondary N) is 3. The molecule has 0 radical (unpaired) electrons. The maximum Gasteiger partial charge on any atom is 0.232 e. The molecule has 2 aromatic rings. The molecule has 0 spiro atoms. The van der Waals surface area contributed by atoms with Gasteiger partial charge in [-0.25, -0.2) is 0 Å². The zero-order chi connectivity index (χ0) is 25.8. The lowest BCUT2D eigenvalue weighted by Crippen LogP contribution is -2.60. The maximum absolute atomic E-state index is 13.5. The Kier molecular flexibility index (Phi) is 5.98. The van der Waals surface area contributed by atoms with E-state index in [0.29, 0.717) is 23.6 Å². The van der Waals surface area contributed by atoms with Crippen LogP contribution < -0.4 is 15.4 Å². The van der Waals surface area contributed by atoms with E-state index in [-0.39, 0.29) is 42.1 Å². The molecule has 1 saturated carbocycles. The third-order valence-electron chi connectivity index (χ3n) is 7.21. The molecule has 0 bridgehead atoms. The first kappa shape index (κ1) is 24.6. The van der Waals surface area contributed by atoms with Gasteiger partial charge in [0.05, 0.1) is 17.1 Å². The Morgan fingerprint density at radius 2 is 2.06 bits per heavy atom. The number of guanidine groups is 1. The van der Waals surface area contributed by atoms with Crippen LogP contribution in [0.15, 0.2) is 42.7 Å². The Morgan fingerprint density at radius 1 is 1.28 bits per heavy atom. The van der Waals surface area contributed by atoms with Gasteiger partial charge in [-0.3, -0.25) is 24.9 Å². The van der Waals surface area contributed by atoms with Crippen molar-refractivity contribution in [2.75, 3.05) is 0 Å². The first-order valence-electron chi connectivity index (χ1n) is 12.3. The summed E-state index contributed by atoms with van der Waals surface area (Å²) in [5.74, 6) is 0.0889. The highest BCUT2D eigenvalue weighted by Gasteiger charge is 2.54. The highest BCUT2D eigenvalue weighted by molar-refractivity contribution is 6.32. The van der Waals surface area contributed by atoms with Gasteiger partial charge in [-0.15, -0.1) is 0 Å². The Balaban J connectivity index is 1.38. The second-order valence-corrected chi connectivity index (χ2v) is 11.7. The molecule has 3 N–H and O–H groups in total. The number of para-hydroxylation sites is 1. The fourth-order valence-electron chi connectivity index (χ4n) is 5.55. The fourth-order valence-corrected chi connectivity index (χ4v) is 5.77. The van der Waals surface area contributed by atoms with Gasteiger partial charge in [0.25, 0.3) is 0 Å². The minimum absolute atomic E-state index is 0.0610. The minimum Gasteiger partial charge on any atom is -0.486 e. The number of aromatic nitrogens is 1. The summed E-state index contributed by atoms with van der Waals surface area (Å²) < 4.78 is 6.11. The SMILES string of the molecule is CC1(C)CC(=O)N([C@H](c2cccnc2)C2C[C@H]2C(=O)NC2CC(C)(C)Oc3c(Cl)cccc32)C(=N)N1. The highest BCUT2D eigenvalue weighted by atomic mass is 35.5. The number of benzene rings is 1. The van der Waals surface area contributed by atoms with Gasteiger partial charge in [0.15, 0.2) is 5.96 Å². The van der Waals surface area contributed by atoms with E-state index in [4.69, 9.17) is 21.7 Å². The lowest BCUT2D eigenvalue weighted by Gasteiger charge is -2.42. The van der Waals surface area contributed by atoms with Crippen molar-refractivity contribution in [2.24, 2.45) is 11.8 Å². The average molecular weight is 510 g/mol. The standard InChI is InChI=1S/C27H32ClN5O3/c1-26(2)13-21(34)33(25(29)32-26)22(15-7-6-10-30-14-15)17-11-18(17)24(35)31-20-12-27(3,4)36-23-16(20)8-5-9-19(23)28/h5-10,14,17-18,20,22H,11-13H2,1-4H3,(H2,29,32)(H,31,35)/t17?,18-,20?,22-/m1/s1. The number of halogens is 1. The van der Waals surface area contributed by atoms with E-state index in [2.05, 4.69) is 15.6 Å². The fraction of sp³-hybridized carbons (Fsp3) is 0.481. The Bertz CT molecular complexity index is 1200. The topological polar surface area (TPSA) is 107 Å². The summed E-state index contributed by atoms with van der Waals surface area (Å²) in [6.07, 6.45) is 4.91. The second kappa shape index (κ2) is 8.76. The molecule has 9 heteroatoms. The normalized spacial score (nSPS) is 26.8. The third kappa shape index (κ3) is 4.66. The molecule has 1 saturated heterocycles. The summed E-state index contributed by atoms with van der Waals surface area (Å²) in [6.45, 7) is 7.78. The van der Waals surface area contributed by atoms with Crippen LogP contribution in [0.2, 0.25) is 5.02 Å². The molecule has 3 heterocycles. The molecular formula is C27H32ClN5O3. The molecule has 3 aliphatic rings. The van der Waals surface area contributed by atoms with Gasteiger partial charge in [0.1, 0.15) is 11.4 Å².